The van der Waals surface area contributed by atoms with Crippen LogP contribution in [-0.2, 0) is 0 Å². The zero-order chi connectivity index (χ0) is 11.1. The fourth-order valence-electron chi connectivity index (χ4n) is 2.43. The van der Waals surface area contributed by atoms with E-state index in [1.807, 2.05) is 12.2 Å². The first-order valence-electron chi connectivity index (χ1n) is 5.89. The van der Waals surface area contributed by atoms with Crippen LogP contribution >= 0.6 is 0 Å². The smallest absolute Gasteiger partial charge is 0.00147 e. The molecule has 0 aliphatic carbocycles. The predicted octanol–water partition coefficient (Wildman–Crippen LogP) is 3.31. The van der Waals surface area contributed by atoms with E-state index in [0.717, 1.165) is 25.3 Å². The van der Waals surface area contributed by atoms with Crippen LogP contribution in [0.2, 0.25) is 0 Å². The quantitative estimate of drug-likeness (QED) is 0.656. The molecular formula is C14H23N. The minimum Gasteiger partial charge on any atom is -0.316 e. The van der Waals surface area contributed by atoms with Gasteiger partial charge in [-0.25, -0.2) is 0 Å². The second kappa shape index (κ2) is 6.62. The molecule has 1 nitrogen and oxygen atoms in total. The number of piperidine rings is 1. The van der Waals surface area contributed by atoms with Crippen molar-refractivity contribution in [2.45, 2.75) is 25.7 Å². The molecule has 0 aromatic rings. The Kier molecular flexibility index (Phi) is 5.41. The molecule has 1 aliphatic heterocycles. The molecule has 0 saturated carbocycles. The highest BCUT2D eigenvalue weighted by atomic mass is 14.9. The van der Waals surface area contributed by atoms with Crippen LogP contribution in [0, 0.1) is 11.8 Å². The van der Waals surface area contributed by atoms with Crippen LogP contribution in [-0.4, -0.2) is 13.1 Å². The fourth-order valence-corrected chi connectivity index (χ4v) is 2.43. The summed E-state index contributed by atoms with van der Waals surface area (Å²) >= 11 is 0. The predicted molar refractivity (Wildman–Crippen MR) is 67.9 cm³/mol. The lowest BCUT2D eigenvalue weighted by Crippen LogP contribution is -2.34. The van der Waals surface area contributed by atoms with Crippen LogP contribution in [0.15, 0.2) is 37.5 Å². The Bertz CT molecular complexity index is 223. The zero-order valence-corrected chi connectivity index (χ0v) is 9.67. The number of hydrogen-bond acceptors (Lipinski definition) is 1. The van der Waals surface area contributed by atoms with Crippen LogP contribution < -0.4 is 5.32 Å². The molecule has 2 atom stereocenters. The third kappa shape index (κ3) is 3.67. The summed E-state index contributed by atoms with van der Waals surface area (Å²) in [5.41, 5.74) is 1.32. The summed E-state index contributed by atoms with van der Waals surface area (Å²) in [5, 5.41) is 3.47. The monoisotopic (exact) mass is 205 g/mol. The first kappa shape index (κ1) is 12.3. The molecule has 1 rings (SSSR count). The summed E-state index contributed by atoms with van der Waals surface area (Å²) in [5.74, 6) is 1.33. The van der Waals surface area contributed by atoms with Crippen molar-refractivity contribution < 1.29 is 0 Å². The highest BCUT2D eigenvalue weighted by Crippen LogP contribution is 2.30. The van der Waals surface area contributed by atoms with Crippen LogP contribution in [0.1, 0.15) is 25.7 Å². The molecule has 1 aliphatic rings. The molecule has 0 spiro atoms. The van der Waals surface area contributed by atoms with Crippen molar-refractivity contribution in [3.05, 3.63) is 37.5 Å². The van der Waals surface area contributed by atoms with E-state index in [2.05, 4.69) is 25.1 Å². The number of rotatable bonds is 6. The van der Waals surface area contributed by atoms with Crippen LogP contribution in [0.5, 0.6) is 0 Å². The second-order valence-electron chi connectivity index (χ2n) is 4.39. The van der Waals surface area contributed by atoms with Crippen LogP contribution in [0.25, 0.3) is 0 Å². The Balaban J connectivity index is 2.57. The average Bonchev–Trinajstić information content (AvgIpc) is 2.27. The first-order valence-corrected chi connectivity index (χ1v) is 5.89. The van der Waals surface area contributed by atoms with Gasteiger partial charge in [0.1, 0.15) is 0 Å². The summed E-state index contributed by atoms with van der Waals surface area (Å²) in [6, 6.07) is 0. The molecule has 84 valence electrons. The van der Waals surface area contributed by atoms with Gasteiger partial charge in [0.2, 0.25) is 0 Å². The van der Waals surface area contributed by atoms with Crippen molar-refractivity contribution in [3.63, 3.8) is 0 Å². The first-order chi connectivity index (χ1) is 7.29. The standard InChI is InChI=1S/C14H23N/c1-4-7-12(3)14(8-5-2)13-9-6-10-15-11-13/h4-5,13-15H,1-3,6-11H2. The lowest BCUT2D eigenvalue weighted by Gasteiger charge is -2.31. The number of nitrogens with one attached hydrogen (secondary N) is 1. The molecule has 0 aromatic carbocycles. The molecule has 0 radical (unpaired) electrons. The van der Waals surface area contributed by atoms with Gasteiger partial charge >= 0.3 is 0 Å². The van der Waals surface area contributed by atoms with Gasteiger partial charge in [0.05, 0.1) is 0 Å². The molecule has 1 N–H and O–H groups in total. The maximum absolute atomic E-state index is 4.19. The van der Waals surface area contributed by atoms with Gasteiger partial charge in [-0.3, -0.25) is 0 Å². The van der Waals surface area contributed by atoms with Crippen molar-refractivity contribution in [1.29, 1.82) is 0 Å². The SMILES string of the molecule is C=CCC(=C)C(CC=C)C1CCCNC1. The molecule has 1 fully saturated rings. The Morgan fingerprint density at radius 3 is 2.73 bits per heavy atom. The van der Waals surface area contributed by atoms with E-state index < -0.39 is 0 Å². The molecule has 1 saturated heterocycles. The van der Waals surface area contributed by atoms with Crippen LogP contribution in [0.3, 0.4) is 0 Å². The molecule has 2 unspecified atom stereocenters. The van der Waals surface area contributed by atoms with E-state index in [-0.39, 0.29) is 0 Å². The van der Waals surface area contributed by atoms with E-state index in [9.17, 15) is 0 Å². The number of hydrogen-bond donors (Lipinski definition) is 1. The van der Waals surface area contributed by atoms with Crippen molar-refractivity contribution in [2.75, 3.05) is 13.1 Å². The minimum absolute atomic E-state index is 0.591. The van der Waals surface area contributed by atoms with Gasteiger partial charge in [0, 0.05) is 0 Å². The van der Waals surface area contributed by atoms with Gasteiger partial charge in [-0.1, -0.05) is 24.3 Å². The Morgan fingerprint density at radius 2 is 2.20 bits per heavy atom. The number of allylic oxidation sites excluding steroid dienone is 3. The Morgan fingerprint density at radius 1 is 1.40 bits per heavy atom. The van der Waals surface area contributed by atoms with Crippen molar-refractivity contribution >= 4 is 0 Å². The molecular weight excluding hydrogens is 182 g/mol. The van der Waals surface area contributed by atoms with E-state index in [4.69, 9.17) is 0 Å². The fraction of sp³-hybridized carbons (Fsp3) is 0.571. The Hall–Kier alpha value is -0.820. The molecule has 0 amide bonds. The van der Waals surface area contributed by atoms with Crippen molar-refractivity contribution in [1.82, 2.24) is 5.32 Å². The van der Waals surface area contributed by atoms with Gasteiger partial charge in [-0.15, -0.1) is 13.2 Å². The summed E-state index contributed by atoms with van der Waals surface area (Å²) in [4.78, 5) is 0. The normalized spacial score (nSPS) is 23.1. The second-order valence-corrected chi connectivity index (χ2v) is 4.39. The zero-order valence-electron chi connectivity index (χ0n) is 9.67. The van der Waals surface area contributed by atoms with E-state index >= 15 is 0 Å². The lowest BCUT2D eigenvalue weighted by molar-refractivity contribution is 0.293. The van der Waals surface area contributed by atoms with E-state index in [0.29, 0.717) is 5.92 Å². The molecule has 15 heavy (non-hydrogen) atoms. The molecule has 1 heteroatoms. The van der Waals surface area contributed by atoms with Gasteiger partial charge < -0.3 is 5.32 Å². The lowest BCUT2D eigenvalue weighted by atomic mass is 9.79. The van der Waals surface area contributed by atoms with Crippen molar-refractivity contribution in [3.8, 4) is 0 Å². The summed E-state index contributed by atoms with van der Waals surface area (Å²) < 4.78 is 0. The largest absolute Gasteiger partial charge is 0.316 e. The van der Waals surface area contributed by atoms with Crippen LogP contribution in [0.4, 0.5) is 0 Å². The summed E-state index contributed by atoms with van der Waals surface area (Å²) in [6.07, 6.45) is 8.58. The van der Waals surface area contributed by atoms with E-state index in [1.165, 1.54) is 25.0 Å². The Labute approximate surface area is 94.0 Å². The third-order valence-corrected chi connectivity index (χ3v) is 3.26. The maximum Gasteiger partial charge on any atom is -0.00147 e. The molecule has 0 bridgehead atoms. The maximum atomic E-state index is 4.19. The highest BCUT2D eigenvalue weighted by molar-refractivity contribution is 5.09. The average molecular weight is 205 g/mol. The van der Waals surface area contributed by atoms with Gasteiger partial charge in [-0.05, 0) is 50.6 Å². The van der Waals surface area contributed by atoms with Crippen molar-refractivity contribution in [2.24, 2.45) is 11.8 Å². The van der Waals surface area contributed by atoms with Gasteiger partial charge in [0.15, 0.2) is 0 Å². The third-order valence-electron chi connectivity index (χ3n) is 3.26. The molecule has 1 heterocycles. The summed E-state index contributed by atoms with van der Waals surface area (Å²) in [7, 11) is 0. The topological polar surface area (TPSA) is 12.0 Å². The minimum atomic E-state index is 0.591. The van der Waals surface area contributed by atoms with E-state index in [1.54, 1.807) is 0 Å². The van der Waals surface area contributed by atoms with Gasteiger partial charge in [0.25, 0.3) is 0 Å². The van der Waals surface area contributed by atoms with Gasteiger partial charge in [-0.2, -0.15) is 0 Å². The highest BCUT2D eigenvalue weighted by Gasteiger charge is 2.23. The molecule has 0 aromatic heterocycles. The summed E-state index contributed by atoms with van der Waals surface area (Å²) in [6.45, 7) is 14.1.